The van der Waals surface area contributed by atoms with Gasteiger partial charge in [-0.05, 0) is 52.0 Å². The SMILES string of the molecule is CCNC(C)c1nc(C2(OCC)CCC(C)CC2)no1. The number of aromatic nitrogens is 2. The molecule has 1 aromatic rings. The fourth-order valence-electron chi connectivity index (χ4n) is 2.93. The van der Waals surface area contributed by atoms with Crippen LogP contribution in [-0.2, 0) is 10.3 Å². The van der Waals surface area contributed by atoms with Crippen molar-refractivity contribution in [1.29, 1.82) is 0 Å². The molecule has 5 heteroatoms. The van der Waals surface area contributed by atoms with Crippen LogP contribution in [0, 0.1) is 5.92 Å². The Morgan fingerprint density at radius 1 is 1.40 bits per heavy atom. The minimum Gasteiger partial charge on any atom is -0.367 e. The average molecular weight is 281 g/mol. The van der Waals surface area contributed by atoms with E-state index in [0.29, 0.717) is 12.5 Å². The van der Waals surface area contributed by atoms with Crippen LogP contribution in [0.3, 0.4) is 0 Å². The summed E-state index contributed by atoms with van der Waals surface area (Å²) in [5.74, 6) is 2.14. The van der Waals surface area contributed by atoms with Crippen LogP contribution in [0.15, 0.2) is 4.52 Å². The summed E-state index contributed by atoms with van der Waals surface area (Å²) in [6.07, 6.45) is 4.28. The Bertz CT molecular complexity index is 411. The number of hydrogen-bond donors (Lipinski definition) is 1. The molecular weight excluding hydrogens is 254 g/mol. The van der Waals surface area contributed by atoms with Gasteiger partial charge in [-0.25, -0.2) is 0 Å². The predicted molar refractivity (Wildman–Crippen MR) is 77.3 cm³/mol. The van der Waals surface area contributed by atoms with Crippen LogP contribution in [0.5, 0.6) is 0 Å². The van der Waals surface area contributed by atoms with Gasteiger partial charge in [0, 0.05) is 6.61 Å². The third-order valence-electron chi connectivity index (χ3n) is 4.23. The summed E-state index contributed by atoms with van der Waals surface area (Å²) in [5, 5.41) is 7.50. The highest BCUT2D eigenvalue weighted by Gasteiger charge is 2.41. The number of hydrogen-bond acceptors (Lipinski definition) is 5. The molecule has 5 nitrogen and oxygen atoms in total. The van der Waals surface area contributed by atoms with Crippen molar-refractivity contribution in [3.05, 3.63) is 11.7 Å². The normalized spacial score (nSPS) is 28.5. The zero-order chi connectivity index (χ0) is 14.6. The standard InChI is InChI=1S/C15H27N3O2/c1-5-16-12(4)13-17-14(18-20-13)15(19-6-2)9-7-11(3)8-10-15/h11-12,16H,5-10H2,1-4H3. The van der Waals surface area contributed by atoms with Crippen LogP contribution >= 0.6 is 0 Å². The van der Waals surface area contributed by atoms with Gasteiger partial charge >= 0.3 is 0 Å². The molecular formula is C15H27N3O2. The maximum absolute atomic E-state index is 6.05. The molecule has 114 valence electrons. The average Bonchev–Trinajstić information content (AvgIpc) is 2.92. The maximum Gasteiger partial charge on any atom is 0.243 e. The van der Waals surface area contributed by atoms with Crippen molar-refractivity contribution in [2.45, 2.75) is 65.0 Å². The van der Waals surface area contributed by atoms with E-state index in [1.165, 1.54) is 0 Å². The van der Waals surface area contributed by atoms with Crippen molar-refractivity contribution in [2.75, 3.05) is 13.2 Å². The Morgan fingerprint density at radius 2 is 2.10 bits per heavy atom. The lowest BCUT2D eigenvalue weighted by molar-refractivity contribution is -0.0847. The van der Waals surface area contributed by atoms with Gasteiger partial charge < -0.3 is 14.6 Å². The zero-order valence-corrected chi connectivity index (χ0v) is 13.1. The first-order chi connectivity index (χ1) is 9.61. The molecule has 1 aliphatic rings. The van der Waals surface area contributed by atoms with Gasteiger partial charge in [0.05, 0.1) is 6.04 Å². The van der Waals surface area contributed by atoms with Crippen molar-refractivity contribution in [2.24, 2.45) is 5.92 Å². The molecule has 0 aromatic carbocycles. The Morgan fingerprint density at radius 3 is 2.70 bits per heavy atom. The van der Waals surface area contributed by atoms with Crippen LogP contribution < -0.4 is 5.32 Å². The van der Waals surface area contributed by atoms with Crippen molar-refractivity contribution >= 4 is 0 Å². The van der Waals surface area contributed by atoms with Crippen LogP contribution in [0.4, 0.5) is 0 Å². The lowest BCUT2D eigenvalue weighted by atomic mass is 9.79. The molecule has 0 saturated heterocycles. The summed E-state index contributed by atoms with van der Waals surface area (Å²) in [6.45, 7) is 10.00. The van der Waals surface area contributed by atoms with Crippen LogP contribution in [0.1, 0.15) is 71.1 Å². The van der Waals surface area contributed by atoms with E-state index in [4.69, 9.17) is 9.26 Å². The summed E-state index contributed by atoms with van der Waals surface area (Å²) in [6, 6.07) is 0.0856. The first kappa shape index (κ1) is 15.4. The van der Waals surface area contributed by atoms with E-state index >= 15 is 0 Å². The third kappa shape index (κ3) is 3.20. The van der Waals surface area contributed by atoms with Crippen molar-refractivity contribution in [3.63, 3.8) is 0 Å². The van der Waals surface area contributed by atoms with E-state index in [9.17, 15) is 0 Å². The molecule has 0 radical (unpaired) electrons. The minimum atomic E-state index is -0.338. The Hall–Kier alpha value is -0.940. The predicted octanol–water partition coefficient (Wildman–Crippen LogP) is 3.18. The summed E-state index contributed by atoms with van der Waals surface area (Å²) < 4.78 is 11.5. The fourth-order valence-corrected chi connectivity index (χ4v) is 2.93. The number of ether oxygens (including phenoxy) is 1. The van der Waals surface area contributed by atoms with Crippen LogP contribution in [-0.4, -0.2) is 23.3 Å². The molecule has 1 atom stereocenters. The van der Waals surface area contributed by atoms with E-state index in [2.05, 4.69) is 29.3 Å². The van der Waals surface area contributed by atoms with Gasteiger partial charge in [-0.1, -0.05) is 19.0 Å². The van der Waals surface area contributed by atoms with E-state index in [0.717, 1.165) is 44.0 Å². The molecule has 1 unspecified atom stereocenters. The zero-order valence-electron chi connectivity index (χ0n) is 13.1. The van der Waals surface area contributed by atoms with E-state index < -0.39 is 0 Å². The number of rotatable bonds is 6. The molecule has 0 spiro atoms. The maximum atomic E-state index is 6.05. The summed E-state index contributed by atoms with van der Waals surface area (Å²) in [5.41, 5.74) is -0.338. The highest BCUT2D eigenvalue weighted by molar-refractivity contribution is 5.05. The highest BCUT2D eigenvalue weighted by atomic mass is 16.5. The van der Waals surface area contributed by atoms with Crippen molar-refractivity contribution < 1.29 is 9.26 Å². The van der Waals surface area contributed by atoms with Gasteiger partial charge in [0.2, 0.25) is 11.7 Å². The van der Waals surface area contributed by atoms with E-state index in [1.807, 2.05) is 13.8 Å². The minimum absolute atomic E-state index is 0.0856. The van der Waals surface area contributed by atoms with E-state index in [-0.39, 0.29) is 11.6 Å². The second-order valence-electron chi connectivity index (χ2n) is 5.85. The van der Waals surface area contributed by atoms with Gasteiger partial charge in [-0.2, -0.15) is 4.98 Å². The first-order valence-electron chi connectivity index (χ1n) is 7.82. The van der Waals surface area contributed by atoms with Gasteiger partial charge in [0.25, 0.3) is 0 Å². The number of nitrogens with zero attached hydrogens (tertiary/aromatic N) is 2. The Balaban J connectivity index is 2.17. The molecule has 0 bridgehead atoms. The molecule has 1 fully saturated rings. The molecule has 1 aromatic heterocycles. The van der Waals surface area contributed by atoms with Crippen LogP contribution in [0.25, 0.3) is 0 Å². The Kier molecular flexibility index (Phi) is 5.16. The first-order valence-corrected chi connectivity index (χ1v) is 7.82. The number of nitrogens with one attached hydrogen (secondary N) is 1. The van der Waals surface area contributed by atoms with E-state index in [1.54, 1.807) is 0 Å². The van der Waals surface area contributed by atoms with Gasteiger partial charge in [-0.15, -0.1) is 0 Å². The molecule has 20 heavy (non-hydrogen) atoms. The molecule has 1 heterocycles. The molecule has 2 rings (SSSR count). The molecule has 0 aliphatic heterocycles. The Labute approximate surface area is 121 Å². The summed E-state index contributed by atoms with van der Waals surface area (Å²) in [7, 11) is 0. The lowest BCUT2D eigenvalue weighted by Gasteiger charge is -2.36. The van der Waals surface area contributed by atoms with Gasteiger partial charge in [0.15, 0.2) is 0 Å². The van der Waals surface area contributed by atoms with Crippen LogP contribution in [0.2, 0.25) is 0 Å². The highest BCUT2D eigenvalue weighted by Crippen LogP contribution is 2.41. The quantitative estimate of drug-likeness (QED) is 0.867. The largest absolute Gasteiger partial charge is 0.367 e. The van der Waals surface area contributed by atoms with Gasteiger partial charge in [-0.3, -0.25) is 0 Å². The molecule has 1 N–H and O–H groups in total. The van der Waals surface area contributed by atoms with Crippen molar-refractivity contribution in [3.8, 4) is 0 Å². The summed E-state index contributed by atoms with van der Waals surface area (Å²) >= 11 is 0. The monoisotopic (exact) mass is 281 g/mol. The second-order valence-corrected chi connectivity index (χ2v) is 5.85. The third-order valence-corrected chi connectivity index (χ3v) is 4.23. The van der Waals surface area contributed by atoms with Gasteiger partial charge in [0.1, 0.15) is 5.60 Å². The molecule has 1 saturated carbocycles. The molecule has 0 amide bonds. The summed E-state index contributed by atoms with van der Waals surface area (Å²) in [4.78, 5) is 4.60. The molecule has 1 aliphatic carbocycles. The lowest BCUT2D eigenvalue weighted by Crippen LogP contribution is -2.35. The van der Waals surface area contributed by atoms with Crippen molar-refractivity contribution in [1.82, 2.24) is 15.5 Å². The second kappa shape index (κ2) is 6.68. The fraction of sp³-hybridized carbons (Fsp3) is 0.867. The smallest absolute Gasteiger partial charge is 0.243 e. The topological polar surface area (TPSA) is 60.2 Å².